The molecule has 1 atom stereocenters. The maximum Gasteiger partial charge on any atom is 0.269 e. The molecule has 2 aromatic heterocycles. The van der Waals surface area contributed by atoms with Gasteiger partial charge in [-0.1, -0.05) is 23.9 Å². The molecule has 0 saturated carbocycles. The molecule has 0 unspecified atom stereocenters. The Morgan fingerprint density at radius 3 is 2.86 bits per heavy atom. The van der Waals surface area contributed by atoms with E-state index in [2.05, 4.69) is 5.32 Å². The van der Waals surface area contributed by atoms with Crippen molar-refractivity contribution in [2.75, 3.05) is 6.61 Å². The largest absolute Gasteiger partial charge is 0.467 e. The molecule has 11 heteroatoms. The predicted octanol–water partition coefficient (Wildman–Crippen LogP) is 4.30. The molecular formula is C26H24N4O6S. The monoisotopic (exact) mass is 520 g/mol. The average Bonchev–Trinajstić information content (AvgIpc) is 3.62. The second-order valence-electron chi connectivity index (χ2n) is 8.65. The number of hydrogen-bond acceptors (Lipinski definition) is 8. The van der Waals surface area contributed by atoms with Crippen molar-refractivity contribution in [3.8, 4) is 0 Å². The Balaban J connectivity index is 1.45. The van der Waals surface area contributed by atoms with Crippen molar-refractivity contribution in [1.82, 2.24) is 14.9 Å². The topological polar surface area (TPSA) is 130 Å². The van der Waals surface area contributed by atoms with Gasteiger partial charge in [-0.2, -0.15) is 0 Å². The van der Waals surface area contributed by atoms with Crippen LogP contribution in [0.5, 0.6) is 0 Å². The number of fused-ring (bicyclic) bond motifs is 1. The third kappa shape index (κ3) is 5.73. The van der Waals surface area contributed by atoms with Crippen molar-refractivity contribution in [3.63, 3.8) is 0 Å². The zero-order valence-electron chi connectivity index (χ0n) is 19.8. The fraction of sp³-hybridized carbons (Fsp3) is 0.269. The van der Waals surface area contributed by atoms with E-state index in [-0.39, 0.29) is 29.8 Å². The quantitative estimate of drug-likeness (QED) is 0.150. The van der Waals surface area contributed by atoms with Gasteiger partial charge in [-0.25, -0.2) is 4.98 Å². The first-order valence-electron chi connectivity index (χ1n) is 11.8. The molecule has 5 rings (SSSR count). The van der Waals surface area contributed by atoms with E-state index in [9.17, 15) is 19.7 Å². The molecule has 1 aliphatic rings. The Kier molecular flexibility index (Phi) is 7.33. The maximum absolute atomic E-state index is 13.5. The van der Waals surface area contributed by atoms with Crippen LogP contribution >= 0.6 is 11.8 Å². The number of hydrogen-bond donors (Lipinski definition) is 1. The summed E-state index contributed by atoms with van der Waals surface area (Å²) in [6, 6.07) is 14.7. The standard InChI is InChI=1S/C26H24N4O6S/c31-24(27-14-20-6-2-10-35-20)18-8-9-22-23(13-18)28-26(29(25(22)32)15-21-7-3-11-36-21)37-16-17-4-1-5-19(12-17)30(33)34/h1-2,4-6,8-10,12-13,21H,3,7,11,14-16H2,(H,27,31)/t21-/m1/s1. The molecule has 37 heavy (non-hydrogen) atoms. The second kappa shape index (κ2) is 11.0. The number of rotatable bonds is 9. The fourth-order valence-corrected chi connectivity index (χ4v) is 5.15. The van der Waals surface area contributed by atoms with E-state index >= 15 is 0 Å². The highest BCUT2D eigenvalue weighted by molar-refractivity contribution is 7.98. The van der Waals surface area contributed by atoms with E-state index in [4.69, 9.17) is 14.1 Å². The van der Waals surface area contributed by atoms with Crippen molar-refractivity contribution >= 4 is 34.3 Å². The summed E-state index contributed by atoms with van der Waals surface area (Å²) in [4.78, 5) is 41.7. The number of nitro benzene ring substituents is 1. The molecule has 0 radical (unpaired) electrons. The van der Waals surface area contributed by atoms with Crippen LogP contribution in [-0.4, -0.2) is 33.1 Å². The number of carbonyl (C=O) groups is 1. The zero-order chi connectivity index (χ0) is 25.8. The number of benzene rings is 2. The summed E-state index contributed by atoms with van der Waals surface area (Å²) in [6.45, 7) is 1.27. The van der Waals surface area contributed by atoms with Gasteiger partial charge >= 0.3 is 0 Å². The number of nitro groups is 1. The third-order valence-electron chi connectivity index (χ3n) is 6.09. The second-order valence-corrected chi connectivity index (χ2v) is 9.60. The number of non-ortho nitro benzene ring substituents is 1. The molecule has 10 nitrogen and oxygen atoms in total. The number of nitrogens with one attached hydrogen (secondary N) is 1. The minimum Gasteiger partial charge on any atom is -0.467 e. The molecule has 4 aromatic rings. The molecule has 3 heterocycles. The van der Waals surface area contributed by atoms with Crippen LogP contribution in [0.2, 0.25) is 0 Å². The minimum atomic E-state index is -0.436. The number of aromatic nitrogens is 2. The van der Waals surface area contributed by atoms with Crippen LogP contribution in [0.4, 0.5) is 5.69 Å². The molecule has 1 amide bonds. The van der Waals surface area contributed by atoms with E-state index in [1.165, 1.54) is 30.2 Å². The van der Waals surface area contributed by atoms with E-state index < -0.39 is 4.92 Å². The van der Waals surface area contributed by atoms with Gasteiger partial charge in [-0.3, -0.25) is 24.3 Å². The van der Waals surface area contributed by atoms with Gasteiger partial charge < -0.3 is 14.5 Å². The molecule has 0 aliphatic carbocycles. The predicted molar refractivity (Wildman–Crippen MR) is 138 cm³/mol. The number of carbonyl (C=O) groups excluding carboxylic acids is 1. The molecule has 2 aromatic carbocycles. The number of ether oxygens (including phenoxy) is 1. The van der Waals surface area contributed by atoms with E-state index in [1.807, 2.05) is 0 Å². The molecule has 1 N–H and O–H groups in total. The van der Waals surface area contributed by atoms with Gasteiger partial charge in [0.25, 0.3) is 17.2 Å². The Morgan fingerprint density at radius 1 is 1.22 bits per heavy atom. The zero-order valence-corrected chi connectivity index (χ0v) is 20.6. The van der Waals surface area contributed by atoms with Gasteiger partial charge in [-0.05, 0) is 48.7 Å². The number of amides is 1. The molecule has 190 valence electrons. The van der Waals surface area contributed by atoms with Crippen LogP contribution in [0.25, 0.3) is 10.9 Å². The number of furan rings is 1. The summed E-state index contributed by atoms with van der Waals surface area (Å²) in [7, 11) is 0. The van der Waals surface area contributed by atoms with Gasteiger partial charge in [0.05, 0.1) is 41.3 Å². The fourth-order valence-electron chi connectivity index (χ4n) is 4.20. The lowest BCUT2D eigenvalue weighted by molar-refractivity contribution is -0.384. The highest BCUT2D eigenvalue weighted by Gasteiger charge is 2.21. The number of thioether (sulfide) groups is 1. The van der Waals surface area contributed by atoms with Crippen molar-refractivity contribution in [2.24, 2.45) is 0 Å². The van der Waals surface area contributed by atoms with Crippen LogP contribution in [0.3, 0.4) is 0 Å². The first-order chi connectivity index (χ1) is 18.0. The summed E-state index contributed by atoms with van der Waals surface area (Å²) in [5.41, 5.74) is 1.30. The van der Waals surface area contributed by atoms with E-state index in [1.54, 1.807) is 47.0 Å². The van der Waals surface area contributed by atoms with Gasteiger partial charge in [0, 0.05) is 30.1 Å². The normalized spacial score (nSPS) is 15.2. The van der Waals surface area contributed by atoms with Gasteiger partial charge in [0.2, 0.25) is 0 Å². The van der Waals surface area contributed by atoms with Crippen molar-refractivity contribution in [2.45, 2.75) is 42.9 Å². The molecule has 1 fully saturated rings. The summed E-state index contributed by atoms with van der Waals surface area (Å²) in [5, 5.41) is 14.8. The van der Waals surface area contributed by atoms with Crippen LogP contribution in [0, 0.1) is 10.1 Å². The highest BCUT2D eigenvalue weighted by atomic mass is 32.2. The summed E-state index contributed by atoms with van der Waals surface area (Å²) in [6.07, 6.45) is 3.25. The van der Waals surface area contributed by atoms with E-state index in [0.717, 1.165) is 18.4 Å². The minimum absolute atomic E-state index is 0.00604. The molecule has 1 saturated heterocycles. The maximum atomic E-state index is 13.5. The SMILES string of the molecule is O=C(NCc1ccco1)c1ccc2c(=O)n(C[C@H]3CCCO3)c(SCc3cccc([N+](=O)[O-])c3)nc2c1. The van der Waals surface area contributed by atoms with Crippen molar-refractivity contribution in [3.05, 3.63) is 98.2 Å². The Labute approximate surface area is 215 Å². The van der Waals surface area contributed by atoms with Crippen LogP contribution in [0.15, 0.2) is 75.2 Å². The molecule has 1 aliphatic heterocycles. The Morgan fingerprint density at radius 2 is 2.11 bits per heavy atom. The van der Waals surface area contributed by atoms with Crippen LogP contribution in [0.1, 0.15) is 34.5 Å². The molecule has 0 spiro atoms. The van der Waals surface area contributed by atoms with Crippen LogP contribution in [-0.2, 0) is 23.6 Å². The smallest absolute Gasteiger partial charge is 0.269 e. The lowest BCUT2D eigenvalue weighted by Gasteiger charge is -2.17. The molecular weight excluding hydrogens is 496 g/mol. The lowest BCUT2D eigenvalue weighted by Crippen LogP contribution is -2.29. The summed E-state index contributed by atoms with van der Waals surface area (Å²) >= 11 is 1.32. The first kappa shape index (κ1) is 24.7. The summed E-state index contributed by atoms with van der Waals surface area (Å²) in [5.74, 6) is 0.702. The Bertz CT molecular complexity index is 1490. The average molecular weight is 521 g/mol. The van der Waals surface area contributed by atoms with Crippen molar-refractivity contribution in [1.29, 1.82) is 0 Å². The van der Waals surface area contributed by atoms with Gasteiger partial charge in [-0.15, -0.1) is 0 Å². The van der Waals surface area contributed by atoms with Crippen LogP contribution < -0.4 is 10.9 Å². The van der Waals surface area contributed by atoms with Crippen molar-refractivity contribution < 1.29 is 18.9 Å². The lowest BCUT2D eigenvalue weighted by atomic mass is 10.1. The van der Waals surface area contributed by atoms with Gasteiger partial charge in [0.15, 0.2) is 5.16 Å². The van der Waals surface area contributed by atoms with E-state index in [0.29, 0.717) is 46.3 Å². The summed E-state index contributed by atoms with van der Waals surface area (Å²) < 4.78 is 12.6. The first-order valence-corrected chi connectivity index (χ1v) is 12.8. The third-order valence-corrected chi connectivity index (χ3v) is 7.13. The van der Waals surface area contributed by atoms with Gasteiger partial charge in [0.1, 0.15) is 5.76 Å². The molecule has 0 bridgehead atoms. The number of nitrogens with zero attached hydrogens (tertiary/aromatic N) is 3. The Hall–Kier alpha value is -3.96. The highest BCUT2D eigenvalue weighted by Crippen LogP contribution is 2.26.